The molecule has 1 amide bonds. The van der Waals surface area contributed by atoms with Crippen LogP contribution in [-0.2, 0) is 32.5 Å². The van der Waals surface area contributed by atoms with Gasteiger partial charge in [-0.3, -0.25) is 4.79 Å². The van der Waals surface area contributed by atoms with Crippen LogP contribution >= 0.6 is 0 Å². The van der Waals surface area contributed by atoms with Gasteiger partial charge in [-0.1, -0.05) is 24.3 Å². The molecule has 4 rings (SSSR count). The van der Waals surface area contributed by atoms with E-state index >= 15 is 0 Å². The Labute approximate surface area is 189 Å². The van der Waals surface area contributed by atoms with Gasteiger partial charge >= 0.3 is 0 Å². The monoisotopic (exact) mass is 457 g/mol. The van der Waals surface area contributed by atoms with Gasteiger partial charge in [0.15, 0.2) is 0 Å². The molecule has 32 heavy (non-hydrogen) atoms. The molecule has 172 valence electrons. The predicted octanol–water partition coefficient (Wildman–Crippen LogP) is 2.01. The zero-order valence-corrected chi connectivity index (χ0v) is 19.2. The Hall–Kier alpha value is -2.26. The number of nitrogens with one attached hydrogen (secondary N) is 3. The van der Waals surface area contributed by atoms with Gasteiger partial charge < -0.3 is 20.7 Å². The lowest BCUT2D eigenvalue weighted by atomic mass is 9.94. The van der Waals surface area contributed by atoms with Gasteiger partial charge in [-0.15, -0.1) is 0 Å². The van der Waals surface area contributed by atoms with Crippen LogP contribution in [0.5, 0.6) is 0 Å². The van der Waals surface area contributed by atoms with E-state index in [0.29, 0.717) is 31.7 Å². The minimum atomic E-state index is -3.59. The van der Waals surface area contributed by atoms with E-state index in [9.17, 15) is 13.2 Å². The highest BCUT2D eigenvalue weighted by Crippen LogP contribution is 2.25. The molecule has 2 aromatic carbocycles. The smallest absolute Gasteiger partial charge is 0.237 e. The standard InChI is InChI=1S/C24H31N3O4S/c1-2-31-16-18-5-9-21(10-6-18)32(29,30)20-7-3-17(4-8-20)14-26-24(28)23-13-19-15-25-12-11-22(19)27-23/h3-10,19,22-23,25,27H,2,11-16H2,1H3,(H,26,28). The maximum Gasteiger partial charge on any atom is 0.237 e. The van der Waals surface area contributed by atoms with Crippen LogP contribution in [0.1, 0.15) is 30.9 Å². The lowest BCUT2D eigenvalue weighted by Gasteiger charge is -2.25. The number of hydrogen-bond acceptors (Lipinski definition) is 6. The summed E-state index contributed by atoms with van der Waals surface area (Å²) in [5, 5.41) is 9.82. The number of benzene rings is 2. The summed E-state index contributed by atoms with van der Waals surface area (Å²) in [4.78, 5) is 13.1. The van der Waals surface area contributed by atoms with Gasteiger partial charge in [0.1, 0.15) is 0 Å². The van der Waals surface area contributed by atoms with Crippen molar-refractivity contribution in [2.24, 2.45) is 5.92 Å². The molecule has 8 heteroatoms. The number of fused-ring (bicyclic) bond motifs is 1. The molecule has 3 N–H and O–H groups in total. The molecule has 3 unspecified atom stereocenters. The molecule has 3 atom stereocenters. The maximum atomic E-state index is 12.9. The minimum absolute atomic E-state index is 0.00300. The third-order valence-corrected chi connectivity index (χ3v) is 8.07. The molecule has 0 saturated carbocycles. The van der Waals surface area contributed by atoms with Crippen molar-refractivity contribution in [1.29, 1.82) is 0 Å². The zero-order chi connectivity index (χ0) is 22.6. The number of hydrogen-bond donors (Lipinski definition) is 3. The Balaban J connectivity index is 1.34. The number of carbonyl (C=O) groups is 1. The Morgan fingerprint density at radius 1 is 1.06 bits per heavy atom. The first-order valence-corrected chi connectivity index (χ1v) is 12.7. The molecular formula is C24H31N3O4S. The van der Waals surface area contributed by atoms with E-state index < -0.39 is 9.84 Å². The van der Waals surface area contributed by atoms with Crippen molar-refractivity contribution >= 4 is 15.7 Å². The lowest BCUT2D eigenvalue weighted by Crippen LogP contribution is -2.45. The summed E-state index contributed by atoms with van der Waals surface area (Å²) >= 11 is 0. The molecule has 0 spiro atoms. The van der Waals surface area contributed by atoms with Crippen LogP contribution in [0.3, 0.4) is 0 Å². The van der Waals surface area contributed by atoms with Crippen LogP contribution in [0, 0.1) is 5.92 Å². The van der Waals surface area contributed by atoms with Crippen LogP contribution in [-0.4, -0.2) is 46.1 Å². The zero-order valence-electron chi connectivity index (χ0n) is 18.3. The average molecular weight is 458 g/mol. The van der Waals surface area contributed by atoms with E-state index in [0.717, 1.165) is 37.1 Å². The van der Waals surface area contributed by atoms with Gasteiger partial charge in [0.2, 0.25) is 15.7 Å². The number of amides is 1. The third-order valence-electron chi connectivity index (χ3n) is 6.28. The largest absolute Gasteiger partial charge is 0.377 e. The van der Waals surface area contributed by atoms with Crippen LogP contribution < -0.4 is 16.0 Å². The fourth-order valence-corrected chi connectivity index (χ4v) is 5.68. The number of rotatable bonds is 8. The minimum Gasteiger partial charge on any atom is -0.377 e. The van der Waals surface area contributed by atoms with Crippen molar-refractivity contribution in [3.05, 3.63) is 59.7 Å². The summed E-state index contributed by atoms with van der Waals surface area (Å²) in [6, 6.07) is 13.7. The quantitative estimate of drug-likeness (QED) is 0.561. The summed E-state index contributed by atoms with van der Waals surface area (Å²) in [5.41, 5.74) is 1.80. The van der Waals surface area contributed by atoms with Crippen molar-refractivity contribution in [3.8, 4) is 0 Å². The van der Waals surface area contributed by atoms with Gasteiger partial charge in [-0.25, -0.2) is 8.42 Å². The molecule has 2 aromatic rings. The Bertz CT molecular complexity index is 1010. The maximum absolute atomic E-state index is 12.9. The molecule has 2 aliphatic heterocycles. The first-order chi connectivity index (χ1) is 15.5. The predicted molar refractivity (Wildman–Crippen MR) is 122 cm³/mol. The van der Waals surface area contributed by atoms with Crippen molar-refractivity contribution in [2.45, 2.75) is 54.8 Å². The van der Waals surface area contributed by atoms with Crippen LogP contribution in [0.25, 0.3) is 0 Å². The molecule has 2 aliphatic rings. The second kappa shape index (κ2) is 10.1. The normalized spacial score (nSPS) is 23.0. The van der Waals surface area contributed by atoms with Gasteiger partial charge in [-0.05, 0) is 74.2 Å². The summed E-state index contributed by atoms with van der Waals surface area (Å²) in [6.07, 6.45) is 1.91. The second-order valence-electron chi connectivity index (χ2n) is 8.46. The fraction of sp³-hybridized carbons (Fsp3) is 0.458. The average Bonchev–Trinajstić information content (AvgIpc) is 3.26. The van der Waals surface area contributed by atoms with Crippen molar-refractivity contribution in [1.82, 2.24) is 16.0 Å². The van der Waals surface area contributed by atoms with Crippen molar-refractivity contribution in [2.75, 3.05) is 19.7 Å². The van der Waals surface area contributed by atoms with E-state index in [4.69, 9.17) is 4.74 Å². The van der Waals surface area contributed by atoms with E-state index in [1.54, 1.807) is 48.5 Å². The summed E-state index contributed by atoms with van der Waals surface area (Å²) < 4.78 is 31.2. The van der Waals surface area contributed by atoms with Gasteiger partial charge in [0, 0.05) is 19.2 Å². The topological polar surface area (TPSA) is 96.5 Å². The number of sulfone groups is 1. The lowest BCUT2D eigenvalue weighted by molar-refractivity contribution is -0.123. The van der Waals surface area contributed by atoms with Gasteiger partial charge in [0.05, 0.1) is 22.4 Å². The fourth-order valence-electron chi connectivity index (χ4n) is 4.42. The van der Waals surface area contributed by atoms with E-state index in [1.165, 1.54) is 0 Å². The first kappa shape index (κ1) is 22.9. The molecule has 2 saturated heterocycles. The number of carbonyl (C=O) groups excluding carboxylic acids is 1. The summed E-state index contributed by atoms with van der Waals surface area (Å²) in [6.45, 7) is 5.33. The molecule has 0 aromatic heterocycles. The van der Waals surface area contributed by atoms with E-state index in [1.807, 2.05) is 6.92 Å². The highest BCUT2D eigenvalue weighted by Gasteiger charge is 2.38. The van der Waals surface area contributed by atoms with Crippen LogP contribution in [0.2, 0.25) is 0 Å². The highest BCUT2D eigenvalue weighted by atomic mass is 32.2. The van der Waals surface area contributed by atoms with Gasteiger partial charge in [-0.2, -0.15) is 0 Å². The highest BCUT2D eigenvalue weighted by molar-refractivity contribution is 7.91. The number of piperidine rings is 1. The van der Waals surface area contributed by atoms with Crippen LogP contribution in [0.15, 0.2) is 58.3 Å². The summed E-state index contributed by atoms with van der Waals surface area (Å²) in [5.74, 6) is 0.514. The van der Waals surface area contributed by atoms with E-state index in [2.05, 4.69) is 16.0 Å². The van der Waals surface area contributed by atoms with Crippen molar-refractivity contribution < 1.29 is 17.9 Å². The Morgan fingerprint density at radius 3 is 2.34 bits per heavy atom. The first-order valence-electron chi connectivity index (χ1n) is 11.2. The Kier molecular flexibility index (Phi) is 7.25. The van der Waals surface area contributed by atoms with E-state index in [-0.39, 0.29) is 21.7 Å². The van der Waals surface area contributed by atoms with Crippen molar-refractivity contribution in [3.63, 3.8) is 0 Å². The van der Waals surface area contributed by atoms with Gasteiger partial charge in [0.25, 0.3) is 0 Å². The molecule has 0 aliphatic carbocycles. The van der Waals surface area contributed by atoms with Crippen LogP contribution in [0.4, 0.5) is 0 Å². The summed E-state index contributed by atoms with van der Waals surface area (Å²) in [7, 11) is -3.59. The number of ether oxygens (including phenoxy) is 1. The molecule has 2 heterocycles. The second-order valence-corrected chi connectivity index (χ2v) is 10.4. The molecule has 2 fully saturated rings. The third kappa shape index (κ3) is 5.20. The molecule has 0 radical (unpaired) electrons. The SMILES string of the molecule is CCOCc1ccc(S(=O)(=O)c2ccc(CNC(=O)C3CC4CNCCC4N3)cc2)cc1. The molecular weight excluding hydrogens is 426 g/mol. The Morgan fingerprint density at radius 2 is 1.72 bits per heavy atom. The molecule has 0 bridgehead atoms. The molecule has 7 nitrogen and oxygen atoms in total.